The number of benzene rings is 1. The summed E-state index contributed by atoms with van der Waals surface area (Å²) in [6.07, 6.45) is 2.30. The normalized spacial score (nSPS) is 11.2. The van der Waals surface area contributed by atoms with E-state index in [4.69, 9.17) is 15.9 Å². The molecule has 0 spiro atoms. The van der Waals surface area contributed by atoms with Gasteiger partial charge in [0.15, 0.2) is 0 Å². The van der Waals surface area contributed by atoms with E-state index in [1.807, 2.05) is 13.0 Å². The lowest BCUT2D eigenvalue weighted by molar-refractivity contribution is 0.0697. The molecule has 0 atom stereocenters. The zero-order valence-corrected chi connectivity index (χ0v) is 12.3. The van der Waals surface area contributed by atoms with E-state index >= 15 is 0 Å². The largest absolute Gasteiger partial charge is 0.478 e. The zero-order valence-electron chi connectivity index (χ0n) is 12.3. The van der Waals surface area contributed by atoms with Crippen LogP contribution in [-0.4, -0.2) is 33.9 Å². The van der Waals surface area contributed by atoms with Crippen LogP contribution in [0.1, 0.15) is 34.5 Å². The van der Waals surface area contributed by atoms with Crippen molar-refractivity contribution >= 4 is 16.9 Å². The van der Waals surface area contributed by atoms with Crippen molar-refractivity contribution in [2.24, 2.45) is 5.73 Å². The third-order valence-electron chi connectivity index (χ3n) is 3.87. The number of hydrogen-bond donors (Lipinski definition) is 3. The Kier molecular flexibility index (Phi) is 4.98. The number of fused-ring (bicyclic) bond motifs is 1. The fourth-order valence-electron chi connectivity index (χ4n) is 2.79. The van der Waals surface area contributed by atoms with Crippen molar-refractivity contribution in [2.75, 3.05) is 13.2 Å². The number of nitrogens with zero attached hydrogens (tertiary/aromatic N) is 1. The van der Waals surface area contributed by atoms with Crippen molar-refractivity contribution in [3.8, 4) is 0 Å². The molecule has 0 bridgehead atoms. The van der Waals surface area contributed by atoms with Crippen LogP contribution >= 0.6 is 0 Å². The maximum Gasteiger partial charge on any atom is 0.335 e. The molecule has 1 aromatic carbocycles. The highest BCUT2D eigenvalue weighted by molar-refractivity contribution is 5.95. The van der Waals surface area contributed by atoms with Crippen molar-refractivity contribution in [1.82, 2.24) is 4.57 Å². The Balaban J connectivity index is 2.57. The quantitative estimate of drug-likeness (QED) is 0.727. The molecule has 21 heavy (non-hydrogen) atoms. The summed E-state index contributed by atoms with van der Waals surface area (Å²) in [5.74, 6) is -0.919. The van der Waals surface area contributed by atoms with E-state index in [1.54, 1.807) is 12.1 Å². The number of aryl methyl sites for hydroxylation is 2. The van der Waals surface area contributed by atoms with Crippen LogP contribution in [0.25, 0.3) is 10.9 Å². The predicted molar refractivity (Wildman–Crippen MR) is 82.7 cm³/mol. The fourth-order valence-corrected chi connectivity index (χ4v) is 2.79. The molecule has 5 heteroatoms. The Bertz CT molecular complexity index is 646. The minimum atomic E-state index is -0.919. The van der Waals surface area contributed by atoms with E-state index in [0.29, 0.717) is 18.5 Å². The molecule has 0 saturated carbocycles. The topological polar surface area (TPSA) is 88.5 Å². The van der Waals surface area contributed by atoms with Crippen LogP contribution in [0.3, 0.4) is 0 Å². The Morgan fingerprint density at radius 2 is 2.10 bits per heavy atom. The van der Waals surface area contributed by atoms with Gasteiger partial charge in [-0.2, -0.15) is 0 Å². The van der Waals surface area contributed by atoms with E-state index in [1.165, 1.54) is 0 Å². The summed E-state index contributed by atoms with van der Waals surface area (Å²) in [6, 6.07) is 5.24. The third-order valence-corrected chi connectivity index (χ3v) is 3.87. The summed E-state index contributed by atoms with van der Waals surface area (Å²) >= 11 is 0. The summed E-state index contributed by atoms with van der Waals surface area (Å²) < 4.78 is 2.19. The van der Waals surface area contributed by atoms with Crippen molar-refractivity contribution in [3.63, 3.8) is 0 Å². The van der Waals surface area contributed by atoms with Crippen LogP contribution < -0.4 is 5.73 Å². The van der Waals surface area contributed by atoms with Crippen LogP contribution in [0, 0.1) is 6.92 Å². The van der Waals surface area contributed by atoms with Gasteiger partial charge in [0.2, 0.25) is 0 Å². The Labute approximate surface area is 124 Å². The lowest BCUT2D eigenvalue weighted by atomic mass is 10.0. The highest BCUT2D eigenvalue weighted by atomic mass is 16.4. The van der Waals surface area contributed by atoms with Gasteiger partial charge in [-0.1, -0.05) is 0 Å². The predicted octanol–water partition coefficient (Wildman–Crippen LogP) is 1.92. The second-order valence-electron chi connectivity index (χ2n) is 5.22. The number of carboxylic acids is 1. The molecule has 1 aromatic heterocycles. The Morgan fingerprint density at radius 3 is 2.71 bits per heavy atom. The zero-order chi connectivity index (χ0) is 15.4. The molecule has 5 nitrogen and oxygen atoms in total. The Morgan fingerprint density at radius 1 is 1.33 bits per heavy atom. The molecular formula is C16H22N2O3. The smallest absolute Gasteiger partial charge is 0.335 e. The molecule has 1 heterocycles. The van der Waals surface area contributed by atoms with Gasteiger partial charge in [0.25, 0.3) is 0 Å². The van der Waals surface area contributed by atoms with Crippen molar-refractivity contribution < 1.29 is 15.0 Å². The van der Waals surface area contributed by atoms with Gasteiger partial charge in [-0.25, -0.2) is 4.79 Å². The summed E-state index contributed by atoms with van der Waals surface area (Å²) in [5.41, 5.74) is 9.19. The van der Waals surface area contributed by atoms with Crippen molar-refractivity contribution in [3.05, 3.63) is 35.0 Å². The average molecular weight is 290 g/mol. The van der Waals surface area contributed by atoms with E-state index in [9.17, 15) is 4.79 Å². The monoisotopic (exact) mass is 290 g/mol. The highest BCUT2D eigenvalue weighted by Crippen LogP contribution is 2.28. The number of aromatic carboxylic acids is 1. The van der Waals surface area contributed by atoms with Crippen LogP contribution in [0.4, 0.5) is 0 Å². The molecule has 0 saturated heterocycles. The summed E-state index contributed by atoms with van der Waals surface area (Å²) in [5, 5.41) is 19.2. The van der Waals surface area contributed by atoms with Gasteiger partial charge in [0, 0.05) is 29.7 Å². The van der Waals surface area contributed by atoms with Crippen molar-refractivity contribution in [1.29, 1.82) is 0 Å². The van der Waals surface area contributed by atoms with Gasteiger partial charge in [-0.3, -0.25) is 0 Å². The number of aliphatic hydroxyl groups is 1. The first-order chi connectivity index (χ1) is 10.1. The summed E-state index contributed by atoms with van der Waals surface area (Å²) in [6.45, 7) is 3.62. The summed E-state index contributed by atoms with van der Waals surface area (Å²) in [4.78, 5) is 11.2. The van der Waals surface area contributed by atoms with Gasteiger partial charge in [-0.15, -0.1) is 0 Å². The van der Waals surface area contributed by atoms with Gasteiger partial charge in [-0.05, 0) is 56.5 Å². The molecule has 0 unspecified atom stereocenters. The second kappa shape index (κ2) is 6.74. The van der Waals surface area contributed by atoms with Gasteiger partial charge >= 0.3 is 5.97 Å². The van der Waals surface area contributed by atoms with E-state index in [2.05, 4.69) is 4.57 Å². The molecule has 0 amide bonds. The molecular weight excluding hydrogens is 268 g/mol. The van der Waals surface area contributed by atoms with E-state index in [-0.39, 0.29) is 6.61 Å². The maximum atomic E-state index is 11.2. The van der Waals surface area contributed by atoms with Crippen molar-refractivity contribution in [2.45, 2.75) is 32.7 Å². The maximum absolute atomic E-state index is 11.2. The van der Waals surface area contributed by atoms with Gasteiger partial charge < -0.3 is 20.5 Å². The minimum Gasteiger partial charge on any atom is -0.478 e. The fraction of sp³-hybridized carbons (Fsp3) is 0.438. The minimum absolute atomic E-state index is 0.132. The van der Waals surface area contributed by atoms with E-state index < -0.39 is 5.97 Å². The average Bonchev–Trinajstić information content (AvgIpc) is 2.74. The number of aromatic nitrogens is 1. The molecule has 0 aliphatic rings. The molecule has 4 N–H and O–H groups in total. The molecule has 0 aliphatic carbocycles. The number of nitrogens with two attached hydrogens (primary N) is 1. The Hall–Kier alpha value is -1.85. The molecule has 2 aromatic rings. The lowest BCUT2D eigenvalue weighted by Crippen LogP contribution is -2.07. The van der Waals surface area contributed by atoms with Crippen LogP contribution in [0.5, 0.6) is 0 Å². The standard InChI is InChI=1S/C16H22N2O3/c1-11-13(4-2-9-19)14-10-12(16(20)21)5-6-15(14)18(11)8-3-7-17/h5-6,10,19H,2-4,7-9,17H2,1H3,(H,20,21). The lowest BCUT2D eigenvalue weighted by Gasteiger charge is -2.07. The van der Waals surface area contributed by atoms with Gasteiger partial charge in [0.05, 0.1) is 5.56 Å². The SMILES string of the molecule is Cc1c(CCCO)c2cc(C(=O)O)ccc2n1CCCN. The van der Waals surface area contributed by atoms with Crippen LogP contribution in [-0.2, 0) is 13.0 Å². The molecule has 0 radical (unpaired) electrons. The second-order valence-corrected chi connectivity index (χ2v) is 5.22. The molecule has 2 rings (SSSR count). The first kappa shape index (κ1) is 15.5. The van der Waals surface area contributed by atoms with Crippen LogP contribution in [0.2, 0.25) is 0 Å². The third kappa shape index (κ3) is 3.09. The molecule has 0 aliphatic heterocycles. The number of carbonyl (C=O) groups is 1. The number of hydrogen-bond acceptors (Lipinski definition) is 3. The number of rotatable bonds is 7. The molecule has 0 fully saturated rings. The first-order valence-corrected chi connectivity index (χ1v) is 7.26. The summed E-state index contributed by atoms with van der Waals surface area (Å²) in [7, 11) is 0. The van der Waals surface area contributed by atoms with Gasteiger partial charge in [0.1, 0.15) is 0 Å². The first-order valence-electron chi connectivity index (χ1n) is 7.26. The van der Waals surface area contributed by atoms with E-state index in [0.717, 1.165) is 41.5 Å². The highest BCUT2D eigenvalue weighted by Gasteiger charge is 2.15. The molecule has 114 valence electrons. The van der Waals surface area contributed by atoms with Crippen LogP contribution in [0.15, 0.2) is 18.2 Å². The number of aliphatic hydroxyl groups excluding tert-OH is 1. The number of carboxylic acid groups (broad SMARTS) is 1.